The van der Waals surface area contributed by atoms with Crippen molar-refractivity contribution in [1.29, 1.82) is 0 Å². The van der Waals surface area contributed by atoms with Crippen molar-refractivity contribution in [2.75, 3.05) is 5.75 Å². The van der Waals surface area contributed by atoms with Crippen LogP contribution < -0.4 is 5.32 Å². The monoisotopic (exact) mass is 291 g/mol. The normalized spacial score (nSPS) is 23.0. The lowest BCUT2D eigenvalue weighted by atomic mass is 10.2. The van der Waals surface area contributed by atoms with E-state index in [1.54, 1.807) is 11.4 Å². The van der Waals surface area contributed by atoms with Crippen LogP contribution in [-0.2, 0) is 9.53 Å². The highest BCUT2D eigenvalue weighted by molar-refractivity contribution is 8.01. The first kappa shape index (κ1) is 13.7. The molecule has 1 amide bonds. The molecule has 0 aromatic heterocycles. The van der Waals surface area contributed by atoms with E-state index in [1.807, 2.05) is 0 Å². The first-order valence-electron chi connectivity index (χ1n) is 5.14. The number of alkyl halides is 3. The Morgan fingerprint density at radius 2 is 1.95 bits per heavy atom. The topological polar surface area (TPSA) is 55.4 Å². The van der Waals surface area contributed by atoms with E-state index in [9.17, 15) is 22.8 Å². The summed E-state index contributed by atoms with van der Waals surface area (Å²) in [5.41, 5.74) is 0.0506. The SMILES string of the molecule is O=C1CSC(NC(=O)c2ccccc2)(C(F)(F)F)O1. The predicted molar refractivity (Wildman–Crippen MR) is 61.2 cm³/mol. The fraction of sp³-hybridized carbons (Fsp3) is 0.273. The maximum absolute atomic E-state index is 13.0. The third kappa shape index (κ3) is 2.67. The van der Waals surface area contributed by atoms with Crippen molar-refractivity contribution in [2.24, 2.45) is 0 Å². The fourth-order valence-electron chi connectivity index (χ4n) is 1.46. The number of carbonyl (C=O) groups excluding carboxylic acids is 2. The minimum Gasteiger partial charge on any atom is -0.419 e. The number of halogens is 3. The zero-order valence-electron chi connectivity index (χ0n) is 9.36. The van der Waals surface area contributed by atoms with Crippen LogP contribution in [0.3, 0.4) is 0 Å². The highest BCUT2D eigenvalue weighted by Gasteiger charge is 2.63. The highest BCUT2D eigenvalue weighted by Crippen LogP contribution is 2.44. The van der Waals surface area contributed by atoms with Crippen molar-refractivity contribution in [3.8, 4) is 0 Å². The van der Waals surface area contributed by atoms with Crippen molar-refractivity contribution in [2.45, 2.75) is 11.2 Å². The van der Waals surface area contributed by atoms with Gasteiger partial charge in [0.1, 0.15) is 0 Å². The van der Waals surface area contributed by atoms with Crippen molar-refractivity contribution < 1.29 is 27.5 Å². The smallest absolute Gasteiger partial charge is 0.419 e. The third-order valence-corrected chi connectivity index (χ3v) is 3.54. The van der Waals surface area contributed by atoms with Crippen LogP contribution in [-0.4, -0.2) is 28.9 Å². The summed E-state index contributed by atoms with van der Waals surface area (Å²) < 4.78 is 43.1. The Kier molecular flexibility index (Phi) is 3.44. The molecule has 0 saturated carbocycles. The number of esters is 1. The zero-order valence-corrected chi connectivity index (χ0v) is 10.2. The molecule has 1 aromatic rings. The third-order valence-electron chi connectivity index (χ3n) is 2.34. The van der Waals surface area contributed by atoms with Gasteiger partial charge in [0.2, 0.25) is 0 Å². The van der Waals surface area contributed by atoms with Crippen LogP contribution in [0.2, 0.25) is 0 Å². The quantitative estimate of drug-likeness (QED) is 0.846. The van der Waals surface area contributed by atoms with Gasteiger partial charge in [-0.15, -0.1) is 0 Å². The summed E-state index contributed by atoms with van der Waals surface area (Å²) in [4.78, 5) is 22.7. The van der Waals surface area contributed by atoms with E-state index in [2.05, 4.69) is 4.74 Å². The van der Waals surface area contributed by atoms with E-state index in [0.717, 1.165) is 0 Å². The minimum atomic E-state index is -4.89. The number of benzene rings is 1. The largest absolute Gasteiger partial charge is 0.460 e. The molecule has 2 rings (SSSR count). The number of hydrogen-bond acceptors (Lipinski definition) is 4. The summed E-state index contributed by atoms with van der Waals surface area (Å²) in [7, 11) is 0. The Balaban J connectivity index is 2.23. The number of rotatable bonds is 2. The molecule has 1 saturated heterocycles. The molecule has 1 aliphatic heterocycles. The number of cyclic esters (lactones) is 1. The molecule has 1 atom stereocenters. The van der Waals surface area contributed by atoms with E-state index < -0.39 is 28.9 Å². The van der Waals surface area contributed by atoms with Gasteiger partial charge in [0.05, 0.1) is 5.75 Å². The second-order valence-electron chi connectivity index (χ2n) is 3.70. The molecule has 0 spiro atoms. The van der Waals surface area contributed by atoms with Gasteiger partial charge in [0.15, 0.2) is 0 Å². The first-order chi connectivity index (χ1) is 8.84. The van der Waals surface area contributed by atoms with Gasteiger partial charge in [-0.25, -0.2) is 0 Å². The van der Waals surface area contributed by atoms with Gasteiger partial charge in [-0.1, -0.05) is 30.0 Å². The van der Waals surface area contributed by atoms with E-state index in [0.29, 0.717) is 0 Å². The van der Waals surface area contributed by atoms with Crippen molar-refractivity contribution in [3.05, 3.63) is 35.9 Å². The van der Waals surface area contributed by atoms with Gasteiger partial charge in [-0.05, 0) is 12.1 Å². The Labute approximate surface area is 110 Å². The van der Waals surface area contributed by atoms with E-state index in [1.165, 1.54) is 24.3 Å². The summed E-state index contributed by atoms with van der Waals surface area (Å²) in [6, 6.07) is 7.38. The molecule has 8 heteroatoms. The molecule has 1 fully saturated rings. The standard InChI is InChI=1S/C11H8F3NO3S/c12-10(13,14)11(18-8(16)6-19-11)15-9(17)7-4-2-1-3-5-7/h1-5H,6H2,(H,15,17). The molecule has 4 nitrogen and oxygen atoms in total. The van der Waals surface area contributed by atoms with Crippen LogP contribution >= 0.6 is 11.8 Å². The average molecular weight is 291 g/mol. The predicted octanol–water partition coefficient (Wildman–Crippen LogP) is 1.92. The van der Waals surface area contributed by atoms with Gasteiger partial charge >= 0.3 is 17.2 Å². The molecular formula is C11H8F3NO3S. The molecule has 0 bridgehead atoms. The highest BCUT2D eigenvalue weighted by atomic mass is 32.2. The Morgan fingerprint density at radius 3 is 2.42 bits per heavy atom. The van der Waals surface area contributed by atoms with Crippen LogP contribution in [0.1, 0.15) is 10.4 Å². The van der Waals surface area contributed by atoms with Crippen molar-refractivity contribution in [1.82, 2.24) is 5.32 Å². The fourth-order valence-corrected chi connectivity index (χ4v) is 2.32. The van der Waals surface area contributed by atoms with E-state index >= 15 is 0 Å². The van der Waals surface area contributed by atoms with Crippen LogP contribution in [0.4, 0.5) is 13.2 Å². The maximum Gasteiger partial charge on any atom is 0.460 e. The Bertz CT molecular complexity index is 506. The number of hydrogen-bond donors (Lipinski definition) is 1. The maximum atomic E-state index is 13.0. The van der Waals surface area contributed by atoms with Crippen molar-refractivity contribution in [3.63, 3.8) is 0 Å². The molecule has 102 valence electrons. The lowest BCUT2D eigenvalue weighted by Crippen LogP contribution is -2.56. The van der Waals surface area contributed by atoms with Crippen LogP contribution in [0.5, 0.6) is 0 Å². The van der Waals surface area contributed by atoms with E-state index in [-0.39, 0.29) is 17.3 Å². The molecule has 19 heavy (non-hydrogen) atoms. The number of amides is 1. The van der Waals surface area contributed by atoms with Gasteiger partial charge in [0, 0.05) is 5.56 Å². The number of carbonyl (C=O) groups is 2. The lowest BCUT2D eigenvalue weighted by Gasteiger charge is -2.29. The molecule has 1 heterocycles. The van der Waals surface area contributed by atoms with E-state index in [4.69, 9.17) is 0 Å². The van der Waals surface area contributed by atoms with Crippen LogP contribution in [0.15, 0.2) is 30.3 Å². The first-order valence-corrected chi connectivity index (χ1v) is 6.13. The summed E-state index contributed by atoms with van der Waals surface area (Å²) >= 11 is 0.199. The molecule has 1 aliphatic rings. The van der Waals surface area contributed by atoms with Crippen molar-refractivity contribution >= 4 is 23.6 Å². The molecular weight excluding hydrogens is 283 g/mol. The second kappa shape index (κ2) is 4.76. The van der Waals surface area contributed by atoms with Gasteiger partial charge < -0.3 is 4.74 Å². The summed E-state index contributed by atoms with van der Waals surface area (Å²) in [6.07, 6.45) is -4.89. The number of ether oxygens (including phenoxy) is 1. The molecule has 1 unspecified atom stereocenters. The minimum absolute atomic E-state index is 0.0506. The molecule has 0 aliphatic carbocycles. The van der Waals surface area contributed by atoms with Gasteiger partial charge in [-0.3, -0.25) is 14.9 Å². The lowest BCUT2D eigenvalue weighted by molar-refractivity contribution is -0.235. The summed E-state index contributed by atoms with van der Waals surface area (Å²) in [5.74, 6) is -2.44. The van der Waals surface area contributed by atoms with Crippen LogP contribution in [0.25, 0.3) is 0 Å². The van der Waals surface area contributed by atoms with Gasteiger partial charge in [-0.2, -0.15) is 13.2 Å². The molecule has 0 radical (unpaired) electrons. The molecule has 1 N–H and O–H groups in total. The summed E-state index contributed by atoms with van der Waals surface area (Å²) in [5, 5.41) is -1.27. The Hall–Kier alpha value is -1.70. The summed E-state index contributed by atoms with van der Waals surface area (Å²) in [6.45, 7) is 0. The number of nitrogens with one attached hydrogen (secondary N) is 1. The number of thioether (sulfide) groups is 1. The second-order valence-corrected chi connectivity index (χ2v) is 4.85. The zero-order chi connectivity index (χ0) is 14.1. The average Bonchev–Trinajstić information content (AvgIpc) is 2.72. The Morgan fingerprint density at radius 1 is 1.32 bits per heavy atom. The van der Waals surface area contributed by atoms with Gasteiger partial charge in [0.25, 0.3) is 5.91 Å². The van der Waals surface area contributed by atoms with Crippen LogP contribution in [0, 0.1) is 0 Å². The molecule has 1 aromatic carbocycles.